The topological polar surface area (TPSA) is 167 Å². The van der Waals surface area contributed by atoms with E-state index in [-0.39, 0.29) is 56.7 Å². The van der Waals surface area contributed by atoms with Gasteiger partial charge in [0.25, 0.3) is 17.8 Å². The standard InChI is InChI=1S/C18H23F2N5.C18H21F2N5.C16H18ClF2N5.3C4H9.C2H3.Sn/c2*1-2-13-11-16(21-14-5-8-18(19,20)9-6-14)23-17(22-13)25-10-7-15(24-25)12-3-4-12;17-13-9-14(20-11-3-6-16(18,19)7-4-11)22-15(21-13)24-8-5-12(23-24)10-1-2-10;3*1-3-4-2;1-2;/h7,10-12,14H,2-6,8-9H2,1H3,(H,21,22,23);2,7,10-12,14H,1,3-6,8-9H2,(H,21,22,23);5,8-11H,1-4,6-7H2,(H,20,21,22);3*1,3-4H2,2H3;1H,2H2;. The van der Waals surface area contributed by atoms with Gasteiger partial charge >= 0.3 is 102 Å². The summed E-state index contributed by atoms with van der Waals surface area (Å²) in [5.74, 6) is -2.65. The molecule has 6 aromatic heterocycles. The summed E-state index contributed by atoms with van der Waals surface area (Å²) < 4.78 is 91.9. The molecule has 0 radical (unpaired) electrons. The molecule has 0 aromatic carbocycles. The average molecular weight is 1360 g/mol. The van der Waals surface area contributed by atoms with Crippen LogP contribution in [0.15, 0.2) is 72.2 Å². The molecule has 3 N–H and O–H groups in total. The molecule has 6 aromatic rings. The molecular formula is C66H92ClF6N15Sn. The number of halogens is 7. The number of anilines is 3. The Bertz CT molecular complexity index is 3180. The summed E-state index contributed by atoms with van der Waals surface area (Å²) in [6.45, 7) is 16.9. The van der Waals surface area contributed by atoms with Gasteiger partial charge in [0.05, 0.1) is 22.8 Å². The van der Waals surface area contributed by atoms with Gasteiger partial charge in [0.15, 0.2) is 0 Å². The summed E-state index contributed by atoms with van der Waals surface area (Å²) >= 11 is 4.24. The van der Waals surface area contributed by atoms with E-state index in [1.807, 2.05) is 49.8 Å². The van der Waals surface area contributed by atoms with Gasteiger partial charge in [0.2, 0.25) is 17.8 Å². The number of nitrogens with zero attached hydrogens (tertiary/aromatic N) is 12. The van der Waals surface area contributed by atoms with Crippen LogP contribution in [0.2, 0.25) is 18.5 Å². The van der Waals surface area contributed by atoms with E-state index < -0.39 is 36.1 Å². The van der Waals surface area contributed by atoms with Crippen LogP contribution in [-0.2, 0) is 6.42 Å². The van der Waals surface area contributed by atoms with Crippen LogP contribution >= 0.6 is 11.6 Å². The van der Waals surface area contributed by atoms with Crippen molar-refractivity contribution < 1.29 is 26.3 Å². The minimum absolute atomic E-state index is 0.000290. The van der Waals surface area contributed by atoms with E-state index in [4.69, 9.17) is 11.6 Å². The number of alkyl halides is 6. The number of hydrogen-bond donors (Lipinski definition) is 3. The molecule has 6 aliphatic carbocycles. The molecule has 0 amide bonds. The first-order valence-electron chi connectivity index (χ1n) is 33.0. The normalized spacial score (nSPS) is 19.1. The zero-order chi connectivity index (χ0) is 63.2. The molecule has 6 saturated carbocycles. The number of nitrogens with one attached hydrogen (secondary N) is 3. The predicted octanol–water partition coefficient (Wildman–Crippen LogP) is 18.0. The molecule has 0 atom stereocenters. The van der Waals surface area contributed by atoms with Gasteiger partial charge in [-0.25, -0.2) is 50.4 Å². The van der Waals surface area contributed by atoms with Gasteiger partial charge in [-0.05, 0) is 108 Å². The molecule has 0 saturated heterocycles. The molecule has 23 heteroatoms. The fourth-order valence-corrected chi connectivity index (χ4v) is 24.9. The predicted molar refractivity (Wildman–Crippen MR) is 345 cm³/mol. The Hall–Kier alpha value is -5.58. The second-order valence-electron chi connectivity index (χ2n) is 25.5. The number of unbranched alkanes of at least 4 members (excludes halogenated alkanes) is 3. The SMILES string of the molecule is C=Cc1cc(NC2CCC(F)(F)CC2)nc(-n2ccc(C3CC3)n2)n1.C=[CH][Sn]([CH2]CCC)([CH2]CCC)[CH2]CCC.CCc1cc(NC2CCC(F)(F)CC2)nc(-n2ccc(C3CC3)n2)n1.FC1(F)CCC(Nc2cc(Cl)nc(-n3ccc(C4CC4)n3)n2)CC1. The largest absolute Gasteiger partial charge is 0.367 e. The van der Waals surface area contributed by atoms with E-state index in [0.717, 1.165) is 29.2 Å². The number of hydrogen-bond acceptors (Lipinski definition) is 12. The van der Waals surface area contributed by atoms with Crippen LogP contribution < -0.4 is 16.0 Å². The first kappa shape index (κ1) is 67.8. The fourth-order valence-electron chi connectivity index (χ4n) is 11.7. The number of aromatic nitrogens is 12. The van der Waals surface area contributed by atoms with Gasteiger partial charge in [-0.15, -0.1) is 0 Å². The van der Waals surface area contributed by atoms with Crippen LogP contribution in [0.5, 0.6) is 0 Å². The third-order valence-electron chi connectivity index (χ3n) is 17.9. The van der Waals surface area contributed by atoms with E-state index in [1.54, 1.807) is 45.6 Å². The third kappa shape index (κ3) is 20.7. The van der Waals surface area contributed by atoms with E-state index in [2.05, 4.69) is 99.2 Å². The van der Waals surface area contributed by atoms with Gasteiger partial charge in [0.1, 0.15) is 22.6 Å². The molecule has 12 rings (SSSR count). The molecule has 89 heavy (non-hydrogen) atoms. The summed E-state index contributed by atoms with van der Waals surface area (Å²) in [6.07, 6.45) is 25.7. The summed E-state index contributed by atoms with van der Waals surface area (Å²) in [4.78, 5) is 26.7. The molecular weight excluding hydrogens is 1270 g/mol. The second-order valence-corrected chi connectivity index (χ2v) is 39.1. The smallest absolute Gasteiger partial charge is 0.253 e. The Balaban J connectivity index is 0.000000144. The van der Waals surface area contributed by atoms with Gasteiger partial charge < -0.3 is 16.0 Å². The molecule has 0 bridgehead atoms. The van der Waals surface area contributed by atoms with Crippen molar-refractivity contribution in [3.63, 3.8) is 0 Å². The summed E-state index contributed by atoms with van der Waals surface area (Å²) in [6, 6.07) is 11.3. The van der Waals surface area contributed by atoms with Crippen molar-refractivity contribution >= 4 is 53.5 Å². The Morgan fingerprint density at radius 3 is 1.18 bits per heavy atom. The minimum atomic E-state index is -2.54. The minimum Gasteiger partial charge on any atom is -0.367 e. The number of rotatable bonds is 24. The molecule has 15 nitrogen and oxygen atoms in total. The first-order chi connectivity index (χ1) is 42.8. The summed E-state index contributed by atoms with van der Waals surface area (Å²) in [7, 11) is 0. The maximum absolute atomic E-state index is 13.3. The Morgan fingerprint density at radius 2 is 0.843 bits per heavy atom. The van der Waals surface area contributed by atoms with Crippen LogP contribution in [0.25, 0.3) is 23.9 Å². The van der Waals surface area contributed by atoms with Crippen molar-refractivity contribution in [2.75, 3.05) is 16.0 Å². The van der Waals surface area contributed by atoms with E-state index >= 15 is 0 Å². The third-order valence-corrected chi connectivity index (χ3v) is 32.1. The van der Waals surface area contributed by atoms with Crippen LogP contribution in [0, 0.1) is 0 Å². The second kappa shape index (κ2) is 31.2. The molecule has 6 aliphatic rings. The van der Waals surface area contributed by atoms with Crippen LogP contribution in [-0.4, -0.2) is 114 Å². The van der Waals surface area contributed by atoms with E-state index in [1.165, 1.54) is 77.0 Å². The average Bonchev–Trinajstić information content (AvgIpc) is 2.72. The van der Waals surface area contributed by atoms with Crippen molar-refractivity contribution in [2.24, 2.45) is 0 Å². The monoisotopic (exact) mass is 1360 g/mol. The van der Waals surface area contributed by atoms with Crippen molar-refractivity contribution in [3.05, 3.63) is 106 Å². The van der Waals surface area contributed by atoms with Crippen LogP contribution in [0.1, 0.15) is 228 Å². The van der Waals surface area contributed by atoms with Gasteiger partial charge in [-0.3, -0.25) is 0 Å². The summed E-state index contributed by atoms with van der Waals surface area (Å²) in [5.41, 5.74) is 4.79. The van der Waals surface area contributed by atoms with Crippen molar-refractivity contribution in [1.82, 2.24) is 59.2 Å². The van der Waals surface area contributed by atoms with E-state index in [0.29, 0.717) is 102 Å². The van der Waals surface area contributed by atoms with Gasteiger partial charge in [0, 0.05) is 117 Å². The Morgan fingerprint density at radius 1 is 0.494 bits per heavy atom. The van der Waals surface area contributed by atoms with Gasteiger partial charge in [-0.2, -0.15) is 35.2 Å². The molecule has 6 heterocycles. The van der Waals surface area contributed by atoms with Crippen LogP contribution in [0.4, 0.5) is 43.8 Å². The first-order valence-corrected chi connectivity index (χ1v) is 41.0. The zero-order valence-corrected chi connectivity index (χ0v) is 56.2. The molecule has 0 spiro atoms. The zero-order valence-electron chi connectivity index (χ0n) is 52.5. The van der Waals surface area contributed by atoms with Crippen LogP contribution in [0.3, 0.4) is 0 Å². The van der Waals surface area contributed by atoms with Crippen molar-refractivity contribution in [3.8, 4) is 17.8 Å². The molecule has 6 fully saturated rings. The van der Waals surface area contributed by atoms with Gasteiger partial charge in [-0.1, -0.05) is 25.1 Å². The maximum Gasteiger partial charge on any atom is 0.253 e. The quantitative estimate of drug-likeness (QED) is 0.0299. The van der Waals surface area contributed by atoms with Crippen molar-refractivity contribution in [2.45, 2.75) is 255 Å². The summed E-state index contributed by atoms with van der Waals surface area (Å²) in [5, 5.41) is 23.7. The number of aryl methyl sites for hydroxylation is 1. The molecule has 0 unspecified atom stereocenters. The van der Waals surface area contributed by atoms with Crippen molar-refractivity contribution in [1.29, 1.82) is 0 Å². The van der Waals surface area contributed by atoms with E-state index in [9.17, 15) is 26.3 Å². The Labute approximate surface area is 530 Å². The fraction of sp³-hybridized carbons (Fsp3) is 0.621. The molecule has 484 valence electrons. The Kier molecular flexibility index (Phi) is 23.7. The maximum atomic E-state index is 13.3. The molecule has 0 aliphatic heterocycles.